The predicted octanol–water partition coefficient (Wildman–Crippen LogP) is 3.40. The van der Waals surface area contributed by atoms with Gasteiger partial charge in [0.15, 0.2) is 5.72 Å². The highest BCUT2D eigenvalue weighted by molar-refractivity contribution is 6.35. The highest BCUT2D eigenvalue weighted by Crippen LogP contribution is 2.66. The quantitative estimate of drug-likeness (QED) is 0.236. The number of ether oxygens (including phenoxy) is 5. The van der Waals surface area contributed by atoms with Gasteiger partial charge in [0, 0.05) is 34.0 Å². The molecule has 5 aliphatic rings. The number of benzene rings is 1. The van der Waals surface area contributed by atoms with E-state index in [0.717, 1.165) is 24.0 Å². The van der Waals surface area contributed by atoms with Crippen molar-refractivity contribution >= 4 is 41.2 Å². The lowest BCUT2D eigenvalue weighted by Gasteiger charge is -2.52. The number of alkyl carbamates (subject to hydrolysis) is 1. The fourth-order valence-corrected chi connectivity index (χ4v) is 8.41. The number of halogens is 1. The molecule has 14 nitrogen and oxygen atoms in total. The number of carbonyl (C=O) groups is 4. The van der Waals surface area contributed by atoms with Crippen LogP contribution in [-0.4, -0.2) is 110 Å². The van der Waals surface area contributed by atoms with Gasteiger partial charge >= 0.3 is 12.1 Å². The number of nitrogens with two attached hydrogens (primary N) is 1. The van der Waals surface area contributed by atoms with Gasteiger partial charge in [0.2, 0.25) is 11.8 Å². The molecule has 4 aliphatic heterocycles. The highest BCUT2D eigenvalue weighted by atomic mass is 35.5. The molecule has 1 saturated carbocycles. The Kier molecular flexibility index (Phi) is 11.7. The molecule has 286 valence electrons. The van der Waals surface area contributed by atoms with Crippen LogP contribution in [0.25, 0.3) is 0 Å². The molecule has 1 aromatic carbocycles. The van der Waals surface area contributed by atoms with Gasteiger partial charge in [0.05, 0.1) is 25.1 Å². The molecule has 15 heteroatoms. The second kappa shape index (κ2) is 15.3. The lowest BCUT2D eigenvalue weighted by Crippen LogP contribution is -2.72. The fraction of sp³-hybridized carbons (Fsp3) is 0.622. The van der Waals surface area contributed by atoms with Crippen LogP contribution in [0.3, 0.4) is 0 Å². The molecule has 8 atom stereocenters. The number of anilines is 1. The van der Waals surface area contributed by atoms with Crippen LogP contribution in [0.2, 0.25) is 5.02 Å². The summed E-state index contributed by atoms with van der Waals surface area (Å²) in [5, 5.41) is 15.3. The van der Waals surface area contributed by atoms with E-state index in [-0.39, 0.29) is 23.8 Å². The molecule has 3 amide bonds. The third-order valence-corrected chi connectivity index (χ3v) is 11.3. The zero-order chi connectivity index (χ0) is 38.2. The van der Waals surface area contributed by atoms with Crippen LogP contribution < -0.4 is 20.7 Å². The average Bonchev–Trinajstić information content (AvgIpc) is 3.50. The van der Waals surface area contributed by atoms with Crippen LogP contribution in [0, 0.1) is 5.92 Å². The van der Waals surface area contributed by atoms with Crippen molar-refractivity contribution < 1.29 is 48.0 Å². The summed E-state index contributed by atoms with van der Waals surface area (Å²) in [5.41, 5.74) is 2.96. The number of fused-ring (bicyclic) bond motifs is 2. The molecule has 52 heavy (non-hydrogen) atoms. The number of methoxy groups -OCH3 is 2. The molecular formula is C37H51ClN4O10. The van der Waals surface area contributed by atoms with Crippen LogP contribution in [0.4, 0.5) is 10.5 Å². The standard InChI is InChI=1S/C37H51ClN4O10/c1-21-12-11-13-26(49-7)37(47)31-32(51-34(46)40-37)35(3)20-36(31,52-35)27(50-33(45)22(2)41(4)28(43)14-9-8-10-15-39)19-29(44)42(5)24-17-23(16-21)18-25(48-6)30(24)38/h11-13,17-18,22,26-27,31-32,47H,8-10,14-16,19-20,39H2,1-7H3,(H,40,46)/b13-11+,21-12+/t22-,26+,27-,31?,32?,35?,36+,37+/m0/s1. The summed E-state index contributed by atoms with van der Waals surface area (Å²) in [6.07, 6.45) is 3.52. The predicted molar refractivity (Wildman–Crippen MR) is 192 cm³/mol. The highest BCUT2D eigenvalue weighted by Gasteiger charge is 2.82. The SMILES string of the molecule is COc1cc2cc(c1Cl)N(C)C(=O)C[C@H](OC(=O)[C@H](C)N(C)C(=O)CCCCCN)[C@@]13CC(C)(O1)C1OC(=O)N[C@](O)(C13)[C@H](OC)/C=C/C=C(\C)C2. The Morgan fingerprint density at radius 1 is 1.23 bits per heavy atom. The minimum Gasteiger partial charge on any atom is -0.495 e. The normalized spacial score (nSPS) is 33.3. The number of unbranched alkanes of at least 4 members (excludes halogenated alkanes) is 2. The van der Waals surface area contributed by atoms with Gasteiger partial charge in [0.25, 0.3) is 0 Å². The summed E-state index contributed by atoms with van der Waals surface area (Å²) >= 11 is 6.76. The maximum atomic E-state index is 14.3. The summed E-state index contributed by atoms with van der Waals surface area (Å²) in [7, 11) is 5.97. The molecule has 4 fully saturated rings. The van der Waals surface area contributed by atoms with Crippen molar-refractivity contribution in [2.45, 2.75) is 107 Å². The molecular weight excluding hydrogens is 696 g/mol. The minimum atomic E-state index is -2.12. The van der Waals surface area contributed by atoms with E-state index in [2.05, 4.69) is 5.32 Å². The maximum Gasteiger partial charge on any atom is 0.409 e. The minimum absolute atomic E-state index is 0.162. The molecule has 3 saturated heterocycles. The second-order valence-corrected chi connectivity index (χ2v) is 14.9. The van der Waals surface area contributed by atoms with E-state index in [1.165, 1.54) is 31.1 Å². The van der Waals surface area contributed by atoms with Gasteiger partial charge in [-0.05, 0) is 64.3 Å². The topological polar surface area (TPSA) is 179 Å². The Bertz CT molecular complexity index is 1630. The largest absolute Gasteiger partial charge is 0.495 e. The van der Waals surface area contributed by atoms with Crippen molar-refractivity contribution in [3.8, 4) is 5.75 Å². The lowest BCUT2D eigenvalue weighted by atomic mass is 9.73. The molecule has 6 rings (SSSR count). The van der Waals surface area contributed by atoms with Gasteiger partial charge in [-0.25, -0.2) is 9.59 Å². The van der Waals surface area contributed by atoms with Gasteiger partial charge in [-0.3, -0.25) is 14.9 Å². The average molecular weight is 747 g/mol. The maximum absolute atomic E-state index is 14.3. The fourth-order valence-electron chi connectivity index (χ4n) is 8.10. The molecule has 3 unspecified atom stereocenters. The van der Waals surface area contributed by atoms with Crippen molar-refractivity contribution in [3.05, 3.63) is 46.5 Å². The van der Waals surface area contributed by atoms with Gasteiger partial charge in [0.1, 0.15) is 46.3 Å². The molecule has 1 spiro atoms. The zero-order valence-corrected chi connectivity index (χ0v) is 31.7. The van der Waals surface area contributed by atoms with Crippen LogP contribution in [0.1, 0.15) is 64.9 Å². The van der Waals surface area contributed by atoms with E-state index in [1.54, 1.807) is 45.2 Å². The van der Waals surface area contributed by atoms with E-state index in [9.17, 15) is 24.3 Å². The third kappa shape index (κ3) is 7.15. The number of nitrogens with one attached hydrogen (secondary N) is 1. The number of nitrogens with zero attached hydrogens (tertiary/aromatic N) is 2. The summed E-state index contributed by atoms with van der Waals surface area (Å²) in [4.78, 5) is 57.0. The van der Waals surface area contributed by atoms with E-state index in [1.807, 2.05) is 13.0 Å². The number of esters is 1. The van der Waals surface area contributed by atoms with Crippen molar-refractivity contribution in [1.29, 1.82) is 0 Å². The van der Waals surface area contributed by atoms with Crippen LogP contribution >= 0.6 is 11.6 Å². The Hall–Kier alpha value is -3.69. The zero-order valence-electron chi connectivity index (χ0n) is 30.9. The first-order valence-electron chi connectivity index (χ1n) is 17.6. The van der Waals surface area contributed by atoms with E-state index in [0.29, 0.717) is 30.8 Å². The first-order chi connectivity index (χ1) is 24.5. The van der Waals surface area contributed by atoms with Crippen LogP contribution in [-0.2, 0) is 39.8 Å². The third-order valence-electron chi connectivity index (χ3n) is 10.9. The number of amides is 3. The van der Waals surface area contributed by atoms with Gasteiger partial charge in [-0.2, -0.15) is 0 Å². The Morgan fingerprint density at radius 3 is 2.60 bits per heavy atom. The van der Waals surface area contributed by atoms with E-state index < -0.39 is 71.6 Å². The summed E-state index contributed by atoms with van der Waals surface area (Å²) in [6, 6.07) is 2.56. The lowest BCUT2D eigenvalue weighted by molar-refractivity contribution is -0.284. The van der Waals surface area contributed by atoms with Crippen molar-refractivity contribution in [3.63, 3.8) is 0 Å². The van der Waals surface area contributed by atoms with Gasteiger partial charge < -0.3 is 44.3 Å². The number of allylic oxidation sites excluding steroid dienone is 3. The van der Waals surface area contributed by atoms with Crippen LogP contribution in [0.5, 0.6) is 5.75 Å². The molecule has 1 aliphatic carbocycles. The molecule has 1 aromatic rings. The van der Waals surface area contributed by atoms with E-state index >= 15 is 0 Å². The number of hydrogen-bond donors (Lipinski definition) is 3. The van der Waals surface area contributed by atoms with Crippen LogP contribution in [0.15, 0.2) is 35.9 Å². The Morgan fingerprint density at radius 2 is 1.94 bits per heavy atom. The molecule has 4 N–H and O–H groups in total. The Balaban J connectivity index is 1.59. The van der Waals surface area contributed by atoms with Gasteiger partial charge in [-0.1, -0.05) is 41.8 Å². The van der Waals surface area contributed by atoms with E-state index in [4.69, 9.17) is 41.0 Å². The number of hydrogen-bond acceptors (Lipinski definition) is 11. The summed E-state index contributed by atoms with van der Waals surface area (Å²) in [6.45, 7) is 5.74. The van der Waals surface area contributed by atoms with Crippen molar-refractivity contribution in [2.75, 3.05) is 39.8 Å². The molecule has 0 radical (unpaired) electrons. The number of carbonyl (C=O) groups excluding carboxylic acids is 4. The number of aliphatic hydroxyl groups is 1. The number of rotatable bonds is 10. The van der Waals surface area contributed by atoms with Gasteiger partial charge in [-0.15, -0.1) is 0 Å². The monoisotopic (exact) mass is 746 g/mol. The molecule has 4 heterocycles. The first kappa shape index (κ1) is 39.5. The summed E-state index contributed by atoms with van der Waals surface area (Å²) in [5.74, 6) is -2.21. The second-order valence-electron chi connectivity index (χ2n) is 14.5. The Labute approximate surface area is 309 Å². The summed E-state index contributed by atoms with van der Waals surface area (Å²) < 4.78 is 29.9. The molecule has 0 aromatic heterocycles. The first-order valence-corrected chi connectivity index (χ1v) is 18.0. The van der Waals surface area contributed by atoms with Crippen molar-refractivity contribution in [1.82, 2.24) is 10.2 Å². The number of likely N-dealkylation sites (N-methyl/N-ethyl adjacent to an activating group) is 1. The van der Waals surface area contributed by atoms with Crippen molar-refractivity contribution in [2.24, 2.45) is 11.7 Å². The molecule has 4 bridgehead atoms. The smallest absolute Gasteiger partial charge is 0.409 e.